The molecule has 0 bridgehead atoms. The summed E-state index contributed by atoms with van der Waals surface area (Å²) >= 11 is 0. The van der Waals surface area contributed by atoms with Gasteiger partial charge in [0.15, 0.2) is 11.6 Å². The van der Waals surface area contributed by atoms with Crippen LogP contribution in [0, 0.1) is 21.7 Å². The zero-order chi connectivity index (χ0) is 15.6. The van der Waals surface area contributed by atoms with E-state index in [4.69, 9.17) is 11.6 Å². The van der Waals surface area contributed by atoms with Gasteiger partial charge in [-0.2, -0.15) is 5.10 Å². The molecule has 1 heterocycles. The molecular weight excluding hydrogens is 286 g/mol. The fourth-order valence-corrected chi connectivity index (χ4v) is 2.29. The maximum absolute atomic E-state index is 13.9. The molecule has 1 aliphatic rings. The topological polar surface area (TPSA) is 114 Å². The highest BCUT2D eigenvalue weighted by Crippen LogP contribution is 2.31. The summed E-state index contributed by atoms with van der Waals surface area (Å²) in [6.07, 6.45) is 1.55. The van der Waals surface area contributed by atoms with E-state index in [0.717, 1.165) is 11.5 Å². The number of hydrogen-bond acceptors (Lipinski definition) is 6. The lowest BCUT2D eigenvalue weighted by atomic mass is 10.2. The Hall–Kier alpha value is -2.49. The molecule has 0 spiro atoms. The highest BCUT2D eigenvalue weighted by atomic mass is 19.1. The third-order valence-electron chi connectivity index (χ3n) is 3.27. The maximum Gasteiger partial charge on any atom is 0.275 e. The van der Waals surface area contributed by atoms with Gasteiger partial charge in [-0.3, -0.25) is 10.1 Å². The van der Waals surface area contributed by atoms with Crippen LogP contribution in [0.4, 0.5) is 20.2 Å². The molecule has 0 aliphatic carbocycles. The van der Waals surface area contributed by atoms with Crippen molar-refractivity contribution < 1.29 is 13.7 Å². The molecule has 0 aromatic heterocycles. The van der Waals surface area contributed by atoms with Crippen molar-refractivity contribution in [2.75, 3.05) is 18.0 Å². The molecule has 21 heavy (non-hydrogen) atoms. The molecule has 4 N–H and O–H groups in total. The second kappa shape index (κ2) is 5.87. The molecule has 114 valence electrons. The molecule has 1 atom stereocenters. The van der Waals surface area contributed by atoms with E-state index < -0.39 is 22.2 Å². The number of halogens is 2. The maximum atomic E-state index is 13.9. The first-order valence-corrected chi connectivity index (χ1v) is 6.10. The second-order valence-electron chi connectivity index (χ2n) is 4.55. The molecule has 1 aliphatic heterocycles. The average molecular weight is 300 g/mol. The van der Waals surface area contributed by atoms with Crippen LogP contribution >= 0.6 is 0 Å². The molecule has 1 aromatic rings. The van der Waals surface area contributed by atoms with E-state index in [1.54, 1.807) is 0 Å². The molecule has 10 heteroatoms. The Bertz CT molecular complexity index is 559. The largest absolute Gasteiger partial charge is 0.388 e. The minimum Gasteiger partial charge on any atom is -0.388 e. The zero-order valence-corrected chi connectivity index (χ0v) is 10.9. The summed E-state index contributed by atoms with van der Waals surface area (Å²) in [7, 11) is 0. The Morgan fingerprint density at radius 1 is 1.48 bits per heavy atom. The lowest BCUT2D eigenvalue weighted by molar-refractivity contribution is -0.385. The van der Waals surface area contributed by atoms with Crippen molar-refractivity contribution >= 4 is 17.7 Å². The molecule has 1 saturated heterocycles. The molecule has 0 radical (unpaired) electrons. The average Bonchev–Trinajstić information content (AvgIpc) is 2.87. The van der Waals surface area contributed by atoms with Crippen molar-refractivity contribution in [1.29, 1.82) is 0 Å². The standard InChI is InChI=1S/C11H14F2N6O2/c12-9-3-8(19(20)21)4-10(13)11(9)17-2-1-7(5-17)18(15)16-6-14/h3-4,6-7H,1-2,5,15H2,(H2,14,16). The van der Waals surface area contributed by atoms with Gasteiger partial charge in [-0.25, -0.2) is 19.7 Å². The first-order valence-electron chi connectivity index (χ1n) is 6.10. The Kier molecular flexibility index (Phi) is 4.17. The summed E-state index contributed by atoms with van der Waals surface area (Å²) in [6.45, 7) is 0.587. The van der Waals surface area contributed by atoms with E-state index in [9.17, 15) is 18.9 Å². The second-order valence-corrected chi connectivity index (χ2v) is 4.55. The van der Waals surface area contributed by atoms with Gasteiger partial charge in [0, 0.05) is 13.1 Å². The quantitative estimate of drug-likeness (QED) is 0.276. The van der Waals surface area contributed by atoms with Crippen LogP contribution in [0.5, 0.6) is 0 Å². The third kappa shape index (κ3) is 2.99. The van der Waals surface area contributed by atoms with Crippen molar-refractivity contribution in [3.05, 3.63) is 33.9 Å². The first-order chi connectivity index (χ1) is 9.93. The lowest BCUT2D eigenvalue weighted by Gasteiger charge is -2.22. The Balaban J connectivity index is 2.22. The highest BCUT2D eigenvalue weighted by molar-refractivity contribution is 5.55. The van der Waals surface area contributed by atoms with Gasteiger partial charge in [0.2, 0.25) is 0 Å². The number of rotatable bonds is 4. The van der Waals surface area contributed by atoms with Crippen molar-refractivity contribution in [3.8, 4) is 0 Å². The van der Waals surface area contributed by atoms with Gasteiger partial charge in [0.05, 0.1) is 23.1 Å². The Labute approximate surface area is 118 Å². The number of hydrazine groups is 1. The lowest BCUT2D eigenvalue weighted by Crippen LogP contribution is -2.39. The number of anilines is 1. The van der Waals surface area contributed by atoms with Crippen LogP contribution in [0.25, 0.3) is 0 Å². The molecular formula is C11H14F2N6O2. The number of hydrogen-bond donors (Lipinski definition) is 2. The van der Waals surface area contributed by atoms with Crippen molar-refractivity contribution in [1.82, 2.24) is 5.12 Å². The van der Waals surface area contributed by atoms with Gasteiger partial charge >= 0.3 is 0 Å². The fraction of sp³-hybridized carbons (Fsp3) is 0.364. The van der Waals surface area contributed by atoms with Crippen LogP contribution < -0.4 is 16.5 Å². The van der Waals surface area contributed by atoms with E-state index in [2.05, 4.69) is 5.10 Å². The number of benzene rings is 1. The van der Waals surface area contributed by atoms with Crippen LogP contribution in [0.15, 0.2) is 17.2 Å². The van der Waals surface area contributed by atoms with Gasteiger partial charge in [0.25, 0.3) is 5.69 Å². The molecule has 0 saturated carbocycles. The van der Waals surface area contributed by atoms with E-state index in [1.807, 2.05) is 0 Å². The highest BCUT2D eigenvalue weighted by Gasteiger charge is 2.30. The van der Waals surface area contributed by atoms with Gasteiger partial charge < -0.3 is 10.6 Å². The monoisotopic (exact) mass is 300 g/mol. The number of nitrogens with two attached hydrogens (primary N) is 2. The van der Waals surface area contributed by atoms with Gasteiger partial charge in [-0.05, 0) is 6.42 Å². The smallest absolute Gasteiger partial charge is 0.275 e. The van der Waals surface area contributed by atoms with Crippen molar-refractivity contribution in [2.45, 2.75) is 12.5 Å². The predicted octanol–water partition coefficient (Wildman–Crippen LogP) is 0.529. The summed E-state index contributed by atoms with van der Waals surface area (Å²) in [4.78, 5) is 11.1. The fourth-order valence-electron chi connectivity index (χ4n) is 2.29. The van der Waals surface area contributed by atoms with E-state index in [0.29, 0.717) is 25.1 Å². The molecule has 2 rings (SSSR count). The van der Waals surface area contributed by atoms with E-state index in [-0.39, 0.29) is 18.3 Å². The summed E-state index contributed by atoms with van der Waals surface area (Å²) in [5.74, 6) is 3.66. The summed E-state index contributed by atoms with van der Waals surface area (Å²) < 4.78 is 27.8. The van der Waals surface area contributed by atoms with Gasteiger partial charge in [0.1, 0.15) is 12.0 Å². The summed E-state index contributed by atoms with van der Waals surface area (Å²) in [6, 6.07) is 1.15. The molecule has 1 unspecified atom stereocenters. The minimum absolute atomic E-state index is 0.236. The van der Waals surface area contributed by atoms with E-state index >= 15 is 0 Å². The van der Waals surface area contributed by atoms with Crippen LogP contribution in [0.2, 0.25) is 0 Å². The van der Waals surface area contributed by atoms with E-state index in [1.165, 1.54) is 4.90 Å². The SMILES string of the molecule is N/C=N\N(N)C1CCN(c2c(F)cc([N+](=O)[O-])cc2F)C1. The molecule has 8 nitrogen and oxygen atoms in total. The zero-order valence-electron chi connectivity index (χ0n) is 10.9. The molecule has 1 aromatic carbocycles. The van der Waals surface area contributed by atoms with Crippen LogP contribution in [-0.2, 0) is 0 Å². The van der Waals surface area contributed by atoms with Gasteiger partial charge in [-0.15, -0.1) is 0 Å². The Morgan fingerprint density at radius 3 is 2.62 bits per heavy atom. The number of nitrogens with zero attached hydrogens (tertiary/aromatic N) is 4. The number of non-ortho nitro benzene ring substituents is 1. The van der Waals surface area contributed by atoms with Crippen LogP contribution in [0.3, 0.4) is 0 Å². The van der Waals surface area contributed by atoms with Crippen LogP contribution in [-0.4, -0.2) is 35.5 Å². The number of nitro benzene ring substituents is 1. The predicted molar refractivity (Wildman–Crippen MR) is 72.3 cm³/mol. The normalized spacial score (nSPS) is 18.4. The van der Waals surface area contributed by atoms with Crippen molar-refractivity contribution in [2.24, 2.45) is 16.7 Å². The summed E-state index contributed by atoms with van der Waals surface area (Å²) in [5.41, 5.74) is 4.20. The molecule has 0 amide bonds. The number of hydrazone groups is 1. The first kappa shape index (κ1) is 14.9. The van der Waals surface area contributed by atoms with Crippen LogP contribution in [0.1, 0.15) is 6.42 Å². The third-order valence-corrected chi connectivity index (χ3v) is 3.27. The minimum atomic E-state index is -0.978. The van der Waals surface area contributed by atoms with Gasteiger partial charge in [-0.1, -0.05) is 0 Å². The van der Waals surface area contributed by atoms with Crippen molar-refractivity contribution in [3.63, 3.8) is 0 Å². The summed E-state index contributed by atoms with van der Waals surface area (Å²) in [5, 5.41) is 15.4. The Morgan fingerprint density at radius 2 is 2.10 bits per heavy atom. The molecule has 1 fully saturated rings. The number of nitro groups is 1.